The van der Waals surface area contributed by atoms with Crippen molar-refractivity contribution in [3.8, 4) is 11.3 Å². The van der Waals surface area contributed by atoms with E-state index in [1.165, 1.54) is 0 Å². The first-order valence-corrected chi connectivity index (χ1v) is 16.1. The van der Waals surface area contributed by atoms with Gasteiger partial charge in [-0.05, 0) is 68.0 Å². The van der Waals surface area contributed by atoms with Gasteiger partial charge < -0.3 is 25.0 Å². The van der Waals surface area contributed by atoms with Gasteiger partial charge in [-0.1, -0.05) is 13.8 Å². The lowest BCUT2D eigenvalue weighted by atomic mass is 9.84. The molecular formula is C30H44N6O5S. The predicted molar refractivity (Wildman–Crippen MR) is 166 cm³/mol. The lowest BCUT2D eigenvalue weighted by Gasteiger charge is -2.35. The van der Waals surface area contributed by atoms with Crippen LogP contribution >= 0.6 is 0 Å². The van der Waals surface area contributed by atoms with Crippen LogP contribution in [0.25, 0.3) is 22.2 Å². The maximum absolute atomic E-state index is 12.9. The second-order valence-corrected chi connectivity index (χ2v) is 14.3. The number of aryl methyl sites for hydroxylation is 1. The number of carbonyl (C=O) groups excluding carboxylic acids is 1. The molecule has 0 radical (unpaired) electrons. The van der Waals surface area contributed by atoms with E-state index in [4.69, 9.17) is 16.3 Å². The van der Waals surface area contributed by atoms with Crippen LogP contribution in [0.2, 0.25) is 0 Å². The lowest BCUT2D eigenvalue weighted by Crippen LogP contribution is -2.52. The Kier molecular flexibility index (Phi) is 9.63. The second kappa shape index (κ2) is 12.7. The van der Waals surface area contributed by atoms with E-state index in [-0.39, 0.29) is 31.4 Å². The van der Waals surface area contributed by atoms with Crippen LogP contribution in [-0.2, 0) is 32.3 Å². The molecule has 0 saturated carbocycles. The van der Waals surface area contributed by atoms with Gasteiger partial charge in [-0.2, -0.15) is 0 Å². The van der Waals surface area contributed by atoms with E-state index in [2.05, 4.69) is 34.7 Å². The average molecular weight is 601 g/mol. The molecular weight excluding hydrogens is 556 g/mol. The van der Waals surface area contributed by atoms with E-state index >= 15 is 0 Å². The number of nitrogens with zero attached hydrogens (tertiary/aromatic N) is 3. The number of amides is 1. The molecule has 4 rings (SSSR count). The van der Waals surface area contributed by atoms with E-state index in [0.717, 1.165) is 39.1 Å². The van der Waals surface area contributed by atoms with E-state index in [1.807, 2.05) is 43.2 Å². The van der Waals surface area contributed by atoms with Gasteiger partial charge in [0, 0.05) is 61.7 Å². The third-order valence-corrected chi connectivity index (χ3v) is 10.4. The van der Waals surface area contributed by atoms with Gasteiger partial charge >= 0.3 is 0 Å². The highest BCUT2D eigenvalue weighted by Gasteiger charge is 2.36. The predicted octanol–water partition coefficient (Wildman–Crippen LogP) is 2.30. The van der Waals surface area contributed by atoms with Crippen LogP contribution in [0.15, 0.2) is 36.5 Å². The number of aliphatic hydroxyl groups excluding tert-OH is 1. The van der Waals surface area contributed by atoms with Crippen molar-refractivity contribution in [1.82, 2.24) is 15.0 Å². The minimum atomic E-state index is -3.43. The van der Waals surface area contributed by atoms with Crippen molar-refractivity contribution in [2.75, 3.05) is 37.5 Å². The molecule has 3 heterocycles. The Morgan fingerprint density at radius 3 is 2.69 bits per heavy atom. The minimum absolute atomic E-state index is 0.0155. The van der Waals surface area contributed by atoms with Gasteiger partial charge in [-0.15, -0.1) is 0 Å². The zero-order valence-corrected chi connectivity index (χ0v) is 25.9. The summed E-state index contributed by atoms with van der Waals surface area (Å²) in [6, 6.07) is 9.18. The van der Waals surface area contributed by atoms with Gasteiger partial charge in [0.2, 0.25) is 0 Å². The number of nitrogens with one attached hydrogen (secondary N) is 1. The molecule has 1 aliphatic rings. The number of nitrogens with two attached hydrogens (primary N) is 2. The first kappa shape index (κ1) is 31.9. The highest BCUT2D eigenvalue weighted by molar-refractivity contribution is 7.92. The van der Waals surface area contributed by atoms with Crippen LogP contribution in [0.3, 0.4) is 0 Å². The monoisotopic (exact) mass is 600 g/mol. The summed E-state index contributed by atoms with van der Waals surface area (Å²) in [5, 5.41) is 10.5. The largest absolute Gasteiger partial charge is 0.396 e. The molecule has 3 aromatic rings. The first-order valence-electron chi connectivity index (χ1n) is 14.3. The van der Waals surface area contributed by atoms with E-state index in [9.17, 15) is 18.3 Å². The van der Waals surface area contributed by atoms with Gasteiger partial charge in [0.1, 0.15) is 0 Å². The Morgan fingerprint density at radius 1 is 1.31 bits per heavy atom. The van der Waals surface area contributed by atoms with Crippen molar-refractivity contribution in [3.05, 3.63) is 47.8 Å². The molecule has 3 atom stereocenters. The summed E-state index contributed by atoms with van der Waals surface area (Å²) in [6.45, 7) is 9.44. The van der Waals surface area contributed by atoms with Crippen molar-refractivity contribution >= 4 is 32.3 Å². The number of ether oxygens (including phenoxy) is 1. The molecule has 6 N–H and O–H groups in total. The molecule has 3 unspecified atom stereocenters. The Morgan fingerprint density at radius 2 is 2.05 bits per heavy atom. The number of hydrazine groups is 1. The molecule has 0 bridgehead atoms. The quantitative estimate of drug-likeness (QED) is 0.147. The zero-order chi connectivity index (χ0) is 30.8. The summed E-state index contributed by atoms with van der Waals surface area (Å²) in [5.41, 5.74) is 13.4. The van der Waals surface area contributed by atoms with Gasteiger partial charge in [-0.3, -0.25) is 15.2 Å². The SMILES string of the molecule is CCn1c(-c2cccnc2C(C)OC)c(CC(C)(C)CO)c2cc(N3CCS(=O)(=O)C(CC(N)C(=O)NN)C3)ccc21. The molecule has 2 aromatic heterocycles. The number of aliphatic hydroxyl groups is 1. The van der Waals surface area contributed by atoms with Crippen LogP contribution < -0.4 is 21.9 Å². The fourth-order valence-corrected chi connectivity index (χ4v) is 7.54. The molecule has 1 aliphatic heterocycles. The number of rotatable bonds is 11. The van der Waals surface area contributed by atoms with Gasteiger partial charge in [0.25, 0.3) is 5.91 Å². The number of anilines is 1. The molecule has 1 saturated heterocycles. The van der Waals surface area contributed by atoms with Crippen molar-refractivity contribution in [3.63, 3.8) is 0 Å². The molecule has 42 heavy (non-hydrogen) atoms. The van der Waals surface area contributed by atoms with Crippen LogP contribution in [0, 0.1) is 5.41 Å². The van der Waals surface area contributed by atoms with Crippen LogP contribution in [0.5, 0.6) is 0 Å². The van der Waals surface area contributed by atoms with Crippen LogP contribution in [0.1, 0.15) is 51.5 Å². The molecule has 0 aliphatic carbocycles. The number of carbonyl (C=O) groups is 1. The Bertz CT molecular complexity index is 1540. The number of methoxy groups -OCH3 is 1. The fourth-order valence-electron chi connectivity index (χ4n) is 5.82. The van der Waals surface area contributed by atoms with Crippen molar-refractivity contribution < 1.29 is 23.1 Å². The minimum Gasteiger partial charge on any atom is -0.396 e. The molecule has 0 spiro atoms. The zero-order valence-electron chi connectivity index (χ0n) is 25.1. The maximum Gasteiger partial charge on any atom is 0.250 e. The third kappa shape index (κ3) is 6.32. The molecule has 1 amide bonds. The summed E-state index contributed by atoms with van der Waals surface area (Å²) < 4.78 is 33.8. The number of benzene rings is 1. The average Bonchev–Trinajstić information content (AvgIpc) is 3.28. The van der Waals surface area contributed by atoms with Crippen molar-refractivity contribution in [2.45, 2.75) is 64.5 Å². The van der Waals surface area contributed by atoms with Crippen molar-refractivity contribution in [2.24, 2.45) is 17.0 Å². The summed E-state index contributed by atoms with van der Waals surface area (Å²) >= 11 is 0. The molecule has 12 heteroatoms. The maximum atomic E-state index is 12.9. The topological polar surface area (TPSA) is 166 Å². The molecule has 1 aromatic carbocycles. The highest BCUT2D eigenvalue weighted by Crippen LogP contribution is 2.41. The number of sulfone groups is 1. The van der Waals surface area contributed by atoms with Gasteiger partial charge in [-0.25, -0.2) is 14.3 Å². The molecule has 230 valence electrons. The van der Waals surface area contributed by atoms with E-state index in [0.29, 0.717) is 19.5 Å². The summed E-state index contributed by atoms with van der Waals surface area (Å²) in [6.07, 6.45) is 2.14. The number of aromatic nitrogens is 2. The Balaban J connectivity index is 1.86. The third-order valence-electron chi connectivity index (χ3n) is 8.32. The number of hydrogen-bond acceptors (Lipinski definition) is 9. The lowest BCUT2D eigenvalue weighted by molar-refractivity contribution is -0.122. The number of hydrogen-bond donors (Lipinski definition) is 4. The molecule has 1 fully saturated rings. The normalized spacial score (nSPS) is 18.7. The number of fused-ring (bicyclic) bond motifs is 1. The van der Waals surface area contributed by atoms with Gasteiger partial charge in [0.15, 0.2) is 9.84 Å². The van der Waals surface area contributed by atoms with Crippen LogP contribution in [-0.4, -0.2) is 72.8 Å². The Hall–Kier alpha value is -3.03. The summed E-state index contributed by atoms with van der Waals surface area (Å²) in [4.78, 5) is 18.7. The number of pyridine rings is 1. The van der Waals surface area contributed by atoms with Gasteiger partial charge in [0.05, 0.1) is 34.5 Å². The van der Waals surface area contributed by atoms with E-state index < -0.39 is 32.5 Å². The summed E-state index contributed by atoms with van der Waals surface area (Å²) in [5.74, 6) is 4.59. The summed E-state index contributed by atoms with van der Waals surface area (Å²) in [7, 11) is -1.76. The Labute approximate surface area is 248 Å². The van der Waals surface area contributed by atoms with Crippen LogP contribution in [0.4, 0.5) is 5.69 Å². The standard InChI is InChI=1S/C30H44N6O5S/c1-6-36-26-10-9-20(35-12-13-42(39,40)21(17-35)15-25(31)29(38)34-32)14-23(26)24(16-30(3,4)18-37)28(36)22-8-7-11-33-27(22)19(2)41-5/h7-11,14,19,21,25,37H,6,12-13,15-18,31-32H2,1-5H3,(H,34,38). The van der Waals surface area contributed by atoms with Crippen molar-refractivity contribution in [1.29, 1.82) is 0 Å². The fraction of sp³-hybridized carbons (Fsp3) is 0.533. The smallest absolute Gasteiger partial charge is 0.250 e. The highest BCUT2D eigenvalue weighted by atomic mass is 32.2. The first-order chi connectivity index (χ1) is 19.9. The second-order valence-electron chi connectivity index (χ2n) is 11.9. The van der Waals surface area contributed by atoms with E-state index in [1.54, 1.807) is 13.3 Å². The molecule has 11 nitrogen and oxygen atoms in total.